The molecule has 0 aromatic rings. The lowest BCUT2D eigenvalue weighted by atomic mass is 10.3. The average molecular weight is 100 g/mol. The maximum atomic E-state index is 4.53. The Kier molecular flexibility index (Phi) is 2.95. The maximum absolute atomic E-state index is 4.53. The van der Waals surface area contributed by atoms with E-state index in [-0.39, 0.29) is 0 Å². The minimum absolute atomic E-state index is 1.25. The van der Waals surface area contributed by atoms with Crippen molar-refractivity contribution in [1.82, 2.24) is 0 Å². The molecule has 1 heteroatoms. The van der Waals surface area contributed by atoms with Crippen LogP contribution in [-0.2, 0) is 0 Å². The first-order valence-corrected chi connectivity index (χ1v) is 2.33. The summed E-state index contributed by atoms with van der Waals surface area (Å²) in [6.07, 6.45) is 1.90. The van der Waals surface area contributed by atoms with E-state index in [4.69, 9.17) is 0 Å². The predicted molar refractivity (Wildman–Crippen MR) is 33.1 cm³/mol. The molecule has 0 saturated heterocycles. The summed E-state index contributed by atoms with van der Waals surface area (Å²) in [6.45, 7) is 4.03. The van der Waals surface area contributed by atoms with Crippen molar-refractivity contribution in [2.24, 2.45) is 0 Å². The van der Waals surface area contributed by atoms with Gasteiger partial charge in [-0.2, -0.15) is 0 Å². The van der Waals surface area contributed by atoms with E-state index in [1.807, 2.05) is 19.9 Å². The lowest BCUT2D eigenvalue weighted by molar-refractivity contribution is 1.41. The number of hydrogen-bond donors (Lipinski definition) is 0. The monoisotopic (exact) mass is 100 g/mol. The van der Waals surface area contributed by atoms with Gasteiger partial charge in [-0.3, -0.25) is 0 Å². The van der Waals surface area contributed by atoms with Gasteiger partial charge in [-0.05, 0) is 13.8 Å². The third-order valence-electron chi connectivity index (χ3n) is 0.401. The van der Waals surface area contributed by atoms with Gasteiger partial charge in [0.15, 0.2) is 0 Å². The van der Waals surface area contributed by atoms with Crippen molar-refractivity contribution in [1.29, 1.82) is 0 Å². The van der Waals surface area contributed by atoms with Crippen LogP contribution in [0.4, 0.5) is 0 Å². The highest BCUT2D eigenvalue weighted by Crippen LogP contribution is 1.82. The van der Waals surface area contributed by atoms with Gasteiger partial charge in [0.25, 0.3) is 0 Å². The van der Waals surface area contributed by atoms with Gasteiger partial charge < -0.3 is 0 Å². The number of allylic oxidation sites excluding steroid dienone is 2. The molecule has 6 heavy (non-hydrogen) atoms. The van der Waals surface area contributed by atoms with Gasteiger partial charge in [0.1, 0.15) is 0 Å². The summed E-state index contributed by atoms with van der Waals surface area (Å²) in [7, 11) is 0. The standard InChI is InChI=1S/C5H8S/c1-5(2)3-4-6/h3-4H,1-2H3. The molecule has 0 aliphatic rings. The zero-order valence-corrected chi connectivity index (χ0v) is 4.88. The maximum Gasteiger partial charge on any atom is 0.00128 e. The number of hydrogen-bond acceptors (Lipinski definition) is 1. The molecule has 0 nitrogen and oxygen atoms in total. The molecule has 0 heterocycles. The van der Waals surface area contributed by atoms with E-state index in [1.165, 1.54) is 5.57 Å². The zero-order chi connectivity index (χ0) is 4.99. The fourth-order valence-electron chi connectivity index (χ4n) is 0.136. The van der Waals surface area contributed by atoms with E-state index in [2.05, 4.69) is 12.2 Å². The van der Waals surface area contributed by atoms with E-state index in [1.54, 1.807) is 5.37 Å². The van der Waals surface area contributed by atoms with Crippen LogP contribution in [0.2, 0.25) is 0 Å². The summed E-state index contributed by atoms with van der Waals surface area (Å²) in [5, 5.41) is 1.62. The summed E-state index contributed by atoms with van der Waals surface area (Å²) in [5.41, 5.74) is 1.25. The largest absolute Gasteiger partial charge is 0.0887 e. The molecule has 0 amide bonds. The molecular weight excluding hydrogens is 92.1 g/mol. The Morgan fingerprint density at radius 1 is 1.50 bits per heavy atom. The van der Waals surface area contributed by atoms with Crippen LogP contribution in [0, 0.1) is 0 Å². The summed E-state index contributed by atoms with van der Waals surface area (Å²) in [6, 6.07) is 0. The third-order valence-corrected chi connectivity index (χ3v) is 0.537. The summed E-state index contributed by atoms with van der Waals surface area (Å²) in [4.78, 5) is 0. The molecule has 0 aromatic heterocycles. The van der Waals surface area contributed by atoms with Crippen molar-refractivity contribution in [3.8, 4) is 0 Å². The first kappa shape index (κ1) is 5.83. The van der Waals surface area contributed by atoms with Crippen LogP contribution in [0.15, 0.2) is 11.6 Å². The van der Waals surface area contributed by atoms with E-state index < -0.39 is 0 Å². The Balaban J connectivity index is 3.41. The van der Waals surface area contributed by atoms with Crippen LogP contribution in [0.3, 0.4) is 0 Å². The molecule has 0 unspecified atom stereocenters. The van der Waals surface area contributed by atoms with Gasteiger partial charge >= 0.3 is 0 Å². The van der Waals surface area contributed by atoms with Crippen LogP contribution in [0.25, 0.3) is 0 Å². The van der Waals surface area contributed by atoms with Gasteiger partial charge in [-0.1, -0.05) is 23.9 Å². The molecule has 0 aromatic carbocycles. The van der Waals surface area contributed by atoms with Gasteiger partial charge in [0, 0.05) is 5.37 Å². The fraction of sp³-hybridized carbons (Fsp3) is 0.400. The second-order valence-electron chi connectivity index (χ2n) is 1.38. The topological polar surface area (TPSA) is 0 Å². The summed E-state index contributed by atoms with van der Waals surface area (Å²) < 4.78 is 0. The number of rotatable bonds is 1. The molecule has 0 radical (unpaired) electrons. The van der Waals surface area contributed by atoms with Crippen molar-refractivity contribution in [2.75, 3.05) is 0 Å². The van der Waals surface area contributed by atoms with Crippen LogP contribution in [0.5, 0.6) is 0 Å². The first-order chi connectivity index (χ1) is 2.77. The van der Waals surface area contributed by atoms with Crippen molar-refractivity contribution in [3.05, 3.63) is 11.6 Å². The van der Waals surface area contributed by atoms with Crippen LogP contribution >= 0.6 is 12.2 Å². The quantitative estimate of drug-likeness (QED) is 0.358. The second-order valence-corrected chi connectivity index (χ2v) is 1.65. The smallest absolute Gasteiger partial charge is 0.00128 e. The van der Waals surface area contributed by atoms with Crippen molar-refractivity contribution in [2.45, 2.75) is 13.8 Å². The van der Waals surface area contributed by atoms with E-state index in [0.717, 1.165) is 0 Å². The average Bonchev–Trinajstić information content (AvgIpc) is 1.35. The molecule has 0 aliphatic carbocycles. The summed E-state index contributed by atoms with van der Waals surface area (Å²) >= 11 is 4.53. The Bertz CT molecular complexity index is 68.0. The molecular formula is C5H8S. The Morgan fingerprint density at radius 3 is 2.00 bits per heavy atom. The van der Waals surface area contributed by atoms with Crippen LogP contribution in [-0.4, -0.2) is 5.37 Å². The fourth-order valence-corrected chi connectivity index (χ4v) is 0.408. The normalized spacial score (nSPS) is 7.00. The van der Waals surface area contributed by atoms with E-state index >= 15 is 0 Å². The third kappa shape index (κ3) is 3.83. The zero-order valence-electron chi connectivity index (χ0n) is 4.06. The molecule has 0 spiro atoms. The lowest BCUT2D eigenvalue weighted by Crippen LogP contribution is -1.59. The highest BCUT2D eigenvalue weighted by atomic mass is 32.1. The minimum Gasteiger partial charge on any atom is -0.0887 e. The van der Waals surface area contributed by atoms with E-state index in [9.17, 15) is 0 Å². The van der Waals surface area contributed by atoms with Gasteiger partial charge in [-0.25, -0.2) is 0 Å². The highest BCUT2D eigenvalue weighted by Gasteiger charge is 1.64. The van der Waals surface area contributed by atoms with Gasteiger partial charge in [0.05, 0.1) is 0 Å². The first-order valence-electron chi connectivity index (χ1n) is 1.86. The lowest BCUT2D eigenvalue weighted by Gasteiger charge is -1.75. The van der Waals surface area contributed by atoms with E-state index in [0.29, 0.717) is 0 Å². The van der Waals surface area contributed by atoms with Crippen LogP contribution < -0.4 is 0 Å². The minimum atomic E-state index is 1.25. The molecule has 0 bridgehead atoms. The van der Waals surface area contributed by atoms with Gasteiger partial charge in [-0.15, -0.1) is 0 Å². The Morgan fingerprint density at radius 2 is 2.00 bits per heavy atom. The van der Waals surface area contributed by atoms with Gasteiger partial charge in [0.2, 0.25) is 0 Å². The SMILES string of the molecule is CC(C)=CC=S. The molecule has 0 fully saturated rings. The predicted octanol–water partition coefficient (Wildman–Crippen LogP) is 1.95. The molecule has 34 valence electrons. The number of thiocarbonyl (C=S) groups is 1. The van der Waals surface area contributed by atoms with Crippen LogP contribution in [0.1, 0.15) is 13.8 Å². The summed E-state index contributed by atoms with van der Waals surface area (Å²) in [5.74, 6) is 0. The molecule has 0 saturated carbocycles. The molecule has 0 aliphatic heterocycles. The molecule has 0 rings (SSSR count). The Labute approximate surface area is 43.9 Å². The van der Waals surface area contributed by atoms with Crippen molar-refractivity contribution in [3.63, 3.8) is 0 Å². The van der Waals surface area contributed by atoms with Crippen molar-refractivity contribution < 1.29 is 0 Å². The molecule has 0 atom stereocenters. The second kappa shape index (κ2) is 3.04. The Hall–Kier alpha value is -0.170. The highest BCUT2D eigenvalue weighted by molar-refractivity contribution is 7.79. The van der Waals surface area contributed by atoms with Crippen molar-refractivity contribution >= 4 is 17.6 Å². The molecule has 0 N–H and O–H groups in total.